The normalized spacial score (nSPS) is 13.0. The van der Waals surface area contributed by atoms with Crippen molar-refractivity contribution in [3.8, 4) is 33.4 Å². The minimum Gasteiger partial charge on any atom is -0.326 e. The van der Waals surface area contributed by atoms with Gasteiger partial charge in [0.25, 0.3) is 0 Å². The summed E-state index contributed by atoms with van der Waals surface area (Å²) in [6.07, 6.45) is 2.03. The van der Waals surface area contributed by atoms with Gasteiger partial charge in [-0.05, 0) is 74.0 Å². The van der Waals surface area contributed by atoms with Crippen LogP contribution in [-0.2, 0) is 19.4 Å². The fourth-order valence-corrected chi connectivity index (χ4v) is 5.07. The summed E-state index contributed by atoms with van der Waals surface area (Å²) in [5, 5.41) is 0. The van der Waals surface area contributed by atoms with Crippen molar-refractivity contribution < 1.29 is 0 Å². The van der Waals surface area contributed by atoms with Crippen LogP contribution in [0.3, 0.4) is 0 Å². The van der Waals surface area contributed by atoms with E-state index in [9.17, 15) is 0 Å². The van der Waals surface area contributed by atoms with E-state index in [4.69, 9.17) is 5.73 Å². The number of benzene rings is 4. The molecular formula is C27H21N. The Morgan fingerprint density at radius 1 is 0.536 bits per heavy atom. The number of fused-ring (bicyclic) bond motifs is 6. The summed E-state index contributed by atoms with van der Waals surface area (Å²) in [6, 6.07) is 29.1. The van der Waals surface area contributed by atoms with E-state index < -0.39 is 0 Å². The molecule has 6 rings (SSSR count). The largest absolute Gasteiger partial charge is 0.326 e. The van der Waals surface area contributed by atoms with E-state index in [2.05, 4.69) is 78.9 Å². The average molecular weight is 359 g/mol. The van der Waals surface area contributed by atoms with E-state index >= 15 is 0 Å². The topological polar surface area (TPSA) is 26.0 Å². The molecule has 1 heteroatoms. The van der Waals surface area contributed by atoms with Gasteiger partial charge in [0.05, 0.1) is 0 Å². The van der Waals surface area contributed by atoms with Gasteiger partial charge in [-0.25, -0.2) is 0 Å². The van der Waals surface area contributed by atoms with Crippen molar-refractivity contribution in [3.63, 3.8) is 0 Å². The van der Waals surface area contributed by atoms with Crippen LogP contribution in [0.4, 0.5) is 0 Å². The summed E-state index contributed by atoms with van der Waals surface area (Å²) in [5.41, 5.74) is 21.1. The average Bonchev–Trinajstić information content (AvgIpc) is 3.31. The van der Waals surface area contributed by atoms with Crippen LogP contribution >= 0.6 is 0 Å². The van der Waals surface area contributed by atoms with Crippen molar-refractivity contribution in [2.45, 2.75) is 19.4 Å². The smallest absolute Gasteiger partial charge is 0.0178 e. The van der Waals surface area contributed by atoms with Crippen LogP contribution < -0.4 is 5.73 Å². The zero-order valence-corrected chi connectivity index (χ0v) is 15.7. The van der Waals surface area contributed by atoms with Gasteiger partial charge >= 0.3 is 0 Å². The maximum Gasteiger partial charge on any atom is 0.0178 e. The molecular weight excluding hydrogens is 338 g/mol. The molecule has 0 saturated heterocycles. The fourth-order valence-electron chi connectivity index (χ4n) is 5.07. The minimum atomic E-state index is 0.597. The molecule has 2 N–H and O–H groups in total. The molecule has 4 aromatic carbocycles. The molecule has 0 saturated carbocycles. The van der Waals surface area contributed by atoms with Crippen LogP contribution in [0.15, 0.2) is 78.9 Å². The van der Waals surface area contributed by atoms with Crippen LogP contribution in [-0.4, -0.2) is 0 Å². The Morgan fingerprint density at radius 2 is 1.11 bits per heavy atom. The van der Waals surface area contributed by atoms with Crippen molar-refractivity contribution in [2.24, 2.45) is 5.73 Å². The molecule has 1 nitrogen and oxygen atoms in total. The maximum absolute atomic E-state index is 5.88. The van der Waals surface area contributed by atoms with Gasteiger partial charge in [0, 0.05) is 6.54 Å². The second-order valence-corrected chi connectivity index (χ2v) is 7.89. The van der Waals surface area contributed by atoms with Gasteiger partial charge in [0.15, 0.2) is 0 Å². The first-order valence-electron chi connectivity index (χ1n) is 9.98. The van der Waals surface area contributed by atoms with Gasteiger partial charge in [-0.15, -0.1) is 0 Å². The van der Waals surface area contributed by atoms with Gasteiger partial charge < -0.3 is 5.73 Å². The molecule has 4 aromatic rings. The van der Waals surface area contributed by atoms with E-state index in [1.165, 1.54) is 61.2 Å². The van der Waals surface area contributed by atoms with Gasteiger partial charge in [0.2, 0.25) is 0 Å². The Bertz CT molecular complexity index is 1250. The highest BCUT2D eigenvalue weighted by atomic mass is 14.5. The molecule has 0 aliphatic heterocycles. The van der Waals surface area contributed by atoms with E-state index in [-0.39, 0.29) is 0 Å². The Hall–Kier alpha value is -3.16. The third kappa shape index (κ3) is 2.17. The summed E-state index contributed by atoms with van der Waals surface area (Å²) in [4.78, 5) is 0. The predicted molar refractivity (Wildman–Crippen MR) is 116 cm³/mol. The number of rotatable bonds is 2. The highest BCUT2D eigenvalue weighted by Gasteiger charge is 2.26. The van der Waals surface area contributed by atoms with Gasteiger partial charge in [0.1, 0.15) is 0 Å². The van der Waals surface area contributed by atoms with Crippen molar-refractivity contribution >= 4 is 0 Å². The molecule has 2 aliphatic carbocycles. The van der Waals surface area contributed by atoms with E-state index in [1.54, 1.807) is 0 Å². The lowest BCUT2D eigenvalue weighted by Crippen LogP contribution is -1.96. The molecule has 0 aromatic heterocycles. The van der Waals surface area contributed by atoms with Crippen LogP contribution in [0.1, 0.15) is 27.8 Å². The van der Waals surface area contributed by atoms with Crippen LogP contribution in [0, 0.1) is 0 Å². The first kappa shape index (κ1) is 15.9. The summed E-state index contributed by atoms with van der Waals surface area (Å²) in [5.74, 6) is 0. The molecule has 0 unspecified atom stereocenters. The molecule has 0 radical (unpaired) electrons. The Labute approximate surface area is 165 Å². The lowest BCUT2D eigenvalue weighted by atomic mass is 9.89. The van der Waals surface area contributed by atoms with Gasteiger partial charge in [-0.1, -0.05) is 78.9 Å². The second-order valence-electron chi connectivity index (χ2n) is 7.89. The van der Waals surface area contributed by atoms with Crippen LogP contribution in [0.5, 0.6) is 0 Å². The van der Waals surface area contributed by atoms with Crippen LogP contribution in [0.2, 0.25) is 0 Å². The Morgan fingerprint density at radius 3 is 1.82 bits per heavy atom. The standard InChI is InChI=1S/C27H21N/c28-16-17-11-12-23-21(13-17)15-20-7-4-10-25(27(20)23)24-9-3-6-19-14-18-5-1-2-8-22(18)26(19)24/h1-13H,14-16,28H2. The molecule has 2 aliphatic rings. The zero-order chi connectivity index (χ0) is 18.7. The third-order valence-electron chi connectivity index (χ3n) is 6.31. The van der Waals surface area contributed by atoms with E-state index in [0.29, 0.717) is 6.54 Å². The molecule has 0 bridgehead atoms. The van der Waals surface area contributed by atoms with Gasteiger partial charge in [-0.3, -0.25) is 0 Å². The summed E-state index contributed by atoms with van der Waals surface area (Å²) < 4.78 is 0. The van der Waals surface area contributed by atoms with Crippen molar-refractivity contribution in [2.75, 3.05) is 0 Å². The Kier molecular flexibility index (Phi) is 3.35. The monoisotopic (exact) mass is 359 g/mol. The molecule has 0 atom stereocenters. The quantitative estimate of drug-likeness (QED) is 0.406. The van der Waals surface area contributed by atoms with Crippen molar-refractivity contribution in [3.05, 3.63) is 107 Å². The predicted octanol–water partition coefficient (Wildman–Crippen LogP) is 5.95. The van der Waals surface area contributed by atoms with Crippen molar-refractivity contribution in [1.29, 1.82) is 0 Å². The molecule has 28 heavy (non-hydrogen) atoms. The summed E-state index contributed by atoms with van der Waals surface area (Å²) in [6.45, 7) is 0.597. The van der Waals surface area contributed by atoms with Gasteiger partial charge in [-0.2, -0.15) is 0 Å². The number of hydrogen-bond donors (Lipinski definition) is 1. The molecule has 0 amide bonds. The highest BCUT2D eigenvalue weighted by Crippen LogP contribution is 2.48. The highest BCUT2D eigenvalue weighted by molar-refractivity contribution is 5.98. The maximum atomic E-state index is 5.88. The molecule has 0 fully saturated rings. The van der Waals surface area contributed by atoms with Crippen LogP contribution in [0.25, 0.3) is 33.4 Å². The first-order chi connectivity index (χ1) is 13.8. The first-order valence-corrected chi connectivity index (χ1v) is 9.98. The fraction of sp³-hybridized carbons (Fsp3) is 0.111. The molecule has 0 heterocycles. The lowest BCUT2D eigenvalue weighted by molar-refractivity contribution is 1.06. The number of nitrogens with two attached hydrogens (primary N) is 1. The van der Waals surface area contributed by atoms with E-state index in [0.717, 1.165) is 12.8 Å². The lowest BCUT2D eigenvalue weighted by Gasteiger charge is -2.15. The van der Waals surface area contributed by atoms with Crippen molar-refractivity contribution in [1.82, 2.24) is 0 Å². The minimum absolute atomic E-state index is 0.597. The summed E-state index contributed by atoms with van der Waals surface area (Å²) in [7, 11) is 0. The second kappa shape index (κ2) is 5.92. The Balaban J connectivity index is 1.61. The molecule has 0 spiro atoms. The summed E-state index contributed by atoms with van der Waals surface area (Å²) >= 11 is 0. The zero-order valence-electron chi connectivity index (χ0n) is 15.7. The molecule has 134 valence electrons. The third-order valence-corrected chi connectivity index (χ3v) is 6.31. The van der Waals surface area contributed by atoms with E-state index in [1.807, 2.05) is 0 Å². The number of hydrogen-bond acceptors (Lipinski definition) is 1. The SMILES string of the molecule is NCc1ccc2c(c1)Cc1cccc(-c3cccc4c3-c3ccccc3C4)c1-2.